The number of hydrogen-bond donors (Lipinski definition) is 2. The molecule has 24 heavy (non-hydrogen) atoms. The van der Waals surface area contributed by atoms with Gasteiger partial charge in [0.1, 0.15) is 5.82 Å². The molecule has 0 aliphatic heterocycles. The van der Waals surface area contributed by atoms with Gasteiger partial charge in [0, 0.05) is 11.6 Å². The smallest absolute Gasteiger partial charge is 0.241 e. The predicted octanol–water partition coefficient (Wildman–Crippen LogP) is 2.12. The second kappa shape index (κ2) is 8.23. The molecule has 2 N–H and O–H groups in total. The number of benzene rings is 2. The molecule has 8 heteroatoms. The van der Waals surface area contributed by atoms with Crippen molar-refractivity contribution < 1.29 is 17.6 Å². The van der Waals surface area contributed by atoms with Crippen molar-refractivity contribution in [3.63, 3.8) is 0 Å². The highest BCUT2D eigenvalue weighted by atomic mass is 35.5. The Morgan fingerprint density at radius 3 is 2.58 bits per heavy atom. The van der Waals surface area contributed by atoms with Gasteiger partial charge in [-0.1, -0.05) is 35.9 Å². The van der Waals surface area contributed by atoms with Crippen molar-refractivity contribution >= 4 is 27.5 Å². The van der Waals surface area contributed by atoms with Gasteiger partial charge < -0.3 is 5.32 Å². The van der Waals surface area contributed by atoms with Crippen molar-refractivity contribution in [2.24, 2.45) is 0 Å². The first-order valence-electron chi connectivity index (χ1n) is 7.14. The minimum atomic E-state index is -3.82. The molecule has 0 heterocycles. The van der Waals surface area contributed by atoms with Crippen molar-refractivity contribution in [1.82, 2.24) is 10.0 Å². The van der Waals surface area contributed by atoms with Crippen molar-refractivity contribution in [3.05, 3.63) is 64.9 Å². The third-order valence-corrected chi connectivity index (χ3v) is 4.84. The van der Waals surface area contributed by atoms with Crippen LogP contribution >= 0.6 is 11.6 Å². The zero-order valence-corrected chi connectivity index (χ0v) is 14.2. The highest BCUT2D eigenvalue weighted by Gasteiger charge is 2.15. The van der Waals surface area contributed by atoms with E-state index in [1.165, 1.54) is 24.3 Å². The SMILES string of the molecule is O=C(CNS(=O)(=O)c1cccc(Cl)c1)NCCc1ccccc1F. The van der Waals surface area contributed by atoms with E-state index in [-0.39, 0.29) is 22.3 Å². The quantitative estimate of drug-likeness (QED) is 0.783. The molecule has 0 atom stereocenters. The van der Waals surface area contributed by atoms with E-state index in [0.29, 0.717) is 12.0 Å². The number of halogens is 2. The minimum Gasteiger partial charge on any atom is -0.355 e. The lowest BCUT2D eigenvalue weighted by Crippen LogP contribution is -2.37. The maximum absolute atomic E-state index is 13.4. The van der Waals surface area contributed by atoms with E-state index in [4.69, 9.17) is 11.6 Å². The fourth-order valence-electron chi connectivity index (χ4n) is 1.98. The van der Waals surface area contributed by atoms with Gasteiger partial charge in [0.15, 0.2) is 0 Å². The Morgan fingerprint density at radius 1 is 1.12 bits per heavy atom. The van der Waals surface area contributed by atoms with E-state index >= 15 is 0 Å². The van der Waals surface area contributed by atoms with Crippen LogP contribution in [-0.2, 0) is 21.2 Å². The molecule has 0 radical (unpaired) electrons. The third kappa shape index (κ3) is 5.30. The number of amides is 1. The lowest BCUT2D eigenvalue weighted by Gasteiger charge is -2.08. The zero-order valence-electron chi connectivity index (χ0n) is 12.6. The van der Waals surface area contributed by atoms with Crippen molar-refractivity contribution in [1.29, 1.82) is 0 Å². The Labute approximate surface area is 144 Å². The molecule has 0 bridgehead atoms. The fourth-order valence-corrected chi connectivity index (χ4v) is 3.26. The summed E-state index contributed by atoms with van der Waals surface area (Å²) >= 11 is 5.75. The number of carbonyl (C=O) groups is 1. The van der Waals surface area contributed by atoms with Crippen LogP contribution in [0.3, 0.4) is 0 Å². The maximum Gasteiger partial charge on any atom is 0.241 e. The van der Waals surface area contributed by atoms with E-state index in [2.05, 4.69) is 10.0 Å². The van der Waals surface area contributed by atoms with Crippen molar-refractivity contribution in [3.8, 4) is 0 Å². The zero-order chi connectivity index (χ0) is 17.6. The molecule has 2 rings (SSSR count). The highest BCUT2D eigenvalue weighted by Crippen LogP contribution is 2.14. The molecule has 0 aliphatic rings. The molecule has 5 nitrogen and oxygen atoms in total. The molecular formula is C16H16ClFN2O3S. The molecule has 0 saturated carbocycles. The van der Waals surface area contributed by atoms with Crippen LogP contribution in [0.15, 0.2) is 53.4 Å². The minimum absolute atomic E-state index is 0.0193. The summed E-state index contributed by atoms with van der Waals surface area (Å²) < 4.78 is 39.7. The summed E-state index contributed by atoms with van der Waals surface area (Å²) in [5.74, 6) is -0.842. The van der Waals surface area contributed by atoms with E-state index < -0.39 is 22.5 Å². The van der Waals surface area contributed by atoms with Crippen LogP contribution in [0.1, 0.15) is 5.56 Å². The number of carbonyl (C=O) groups excluding carboxylic acids is 1. The standard InChI is InChI=1S/C16H16ClFN2O3S/c17-13-5-3-6-14(10-13)24(22,23)20-11-16(21)19-9-8-12-4-1-2-7-15(12)18/h1-7,10,20H,8-9,11H2,(H,19,21). The fraction of sp³-hybridized carbons (Fsp3) is 0.188. The predicted molar refractivity (Wildman–Crippen MR) is 89.8 cm³/mol. The number of sulfonamides is 1. The van der Waals surface area contributed by atoms with Gasteiger partial charge in [-0.25, -0.2) is 17.5 Å². The van der Waals surface area contributed by atoms with E-state index in [9.17, 15) is 17.6 Å². The Bertz CT molecular complexity index is 828. The second-order valence-electron chi connectivity index (χ2n) is 4.97. The first-order chi connectivity index (χ1) is 11.4. The maximum atomic E-state index is 13.4. The number of hydrogen-bond acceptors (Lipinski definition) is 3. The highest BCUT2D eigenvalue weighted by molar-refractivity contribution is 7.89. The second-order valence-corrected chi connectivity index (χ2v) is 7.18. The summed E-state index contributed by atoms with van der Waals surface area (Å²) in [6, 6.07) is 12.0. The van der Waals surface area contributed by atoms with Gasteiger partial charge in [0.05, 0.1) is 11.4 Å². The summed E-state index contributed by atoms with van der Waals surface area (Å²) in [4.78, 5) is 11.7. The summed E-state index contributed by atoms with van der Waals surface area (Å²) in [5, 5.41) is 2.82. The summed E-state index contributed by atoms with van der Waals surface area (Å²) in [6.45, 7) is -0.204. The average Bonchev–Trinajstić information content (AvgIpc) is 2.55. The molecule has 0 fully saturated rings. The Morgan fingerprint density at radius 2 is 1.88 bits per heavy atom. The Kier molecular flexibility index (Phi) is 6.30. The molecule has 1 amide bonds. The molecular weight excluding hydrogens is 355 g/mol. The monoisotopic (exact) mass is 370 g/mol. The van der Waals surface area contributed by atoms with Gasteiger partial charge in [-0.05, 0) is 36.2 Å². The molecule has 128 valence electrons. The molecule has 0 aliphatic carbocycles. The van der Waals surface area contributed by atoms with E-state index in [0.717, 1.165) is 0 Å². The average molecular weight is 371 g/mol. The van der Waals surface area contributed by atoms with Crippen molar-refractivity contribution in [2.45, 2.75) is 11.3 Å². The molecule has 2 aromatic carbocycles. The van der Waals surface area contributed by atoms with Gasteiger partial charge in [-0.3, -0.25) is 4.79 Å². The van der Waals surface area contributed by atoms with Crippen LogP contribution in [-0.4, -0.2) is 27.4 Å². The first-order valence-corrected chi connectivity index (χ1v) is 9.00. The largest absolute Gasteiger partial charge is 0.355 e. The molecule has 2 aromatic rings. The Balaban J connectivity index is 1.82. The van der Waals surface area contributed by atoms with Crippen LogP contribution < -0.4 is 10.0 Å². The van der Waals surface area contributed by atoms with Crippen LogP contribution in [0.5, 0.6) is 0 Å². The lowest BCUT2D eigenvalue weighted by molar-refractivity contribution is -0.119. The molecule has 0 aromatic heterocycles. The van der Waals surface area contributed by atoms with Crippen LogP contribution in [0.4, 0.5) is 4.39 Å². The molecule has 0 saturated heterocycles. The van der Waals surface area contributed by atoms with Crippen LogP contribution in [0.25, 0.3) is 0 Å². The topological polar surface area (TPSA) is 75.3 Å². The van der Waals surface area contributed by atoms with Crippen LogP contribution in [0.2, 0.25) is 5.02 Å². The van der Waals surface area contributed by atoms with E-state index in [1.54, 1.807) is 24.3 Å². The molecule has 0 spiro atoms. The van der Waals surface area contributed by atoms with Gasteiger partial charge >= 0.3 is 0 Å². The van der Waals surface area contributed by atoms with Gasteiger partial charge in [0.2, 0.25) is 15.9 Å². The van der Waals surface area contributed by atoms with Gasteiger partial charge in [0.25, 0.3) is 0 Å². The lowest BCUT2D eigenvalue weighted by atomic mass is 10.1. The van der Waals surface area contributed by atoms with Gasteiger partial charge in [-0.2, -0.15) is 0 Å². The summed E-state index contributed by atoms with van der Waals surface area (Å²) in [6.07, 6.45) is 0.319. The van der Waals surface area contributed by atoms with Crippen LogP contribution in [0, 0.1) is 5.82 Å². The van der Waals surface area contributed by atoms with E-state index in [1.807, 2.05) is 0 Å². The summed E-state index contributed by atoms with van der Waals surface area (Å²) in [7, 11) is -3.82. The third-order valence-electron chi connectivity index (χ3n) is 3.20. The summed E-state index contributed by atoms with van der Waals surface area (Å²) in [5.41, 5.74) is 0.484. The number of nitrogens with one attached hydrogen (secondary N) is 2. The van der Waals surface area contributed by atoms with Crippen molar-refractivity contribution in [2.75, 3.05) is 13.1 Å². The Hall–Kier alpha value is -1.96. The number of rotatable bonds is 7. The van der Waals surface area contributed by atoms with Gasteiger partial charge in [-0.15, -0.1) is 0 Å². The first kappa shape index (κ1) is 18.4. The normalized spacial score (nSPS) is 11.2. The molecule has 0 unspecified atom stereocenters.